The van der Waals surface area contributed by atoms with Crippen LogP contribution < -0.4 is 14.4 Å². The minimum atomic E-state index is -4.03. The van der Waals surface area contributed by atoms with E-state index in [4.69, 9.17) is 16.3 Å². The summed E-state index contributed by atoms with van der Waals surface area (Å²) in [5.41, 5.74) is 0.303. The van der Waals surface area contributed by atoms with Crippen LogP contribution in [-0.4, -0.2) is 59.6 Å². The van der Waals surface area contributed by atoms with Gasteiger partial charge in [0.05, 0.1) is 17.2 Å². The first kappa shape index (κ1) is 24.0. The molecule has 0 saturated carbocycles. The molecule has 0 fully saturated rings. The van der Waals surface area contributed by atoms with E-state index in [1.165, 1.54) is 24.3 Å². The number of carbonyl (C=O) groups is 1. The number of hydrogen-bond donors (Lipinski definition) is 1. The summed E-state index contributed by atoms with van der Waals surface area (Å²) >= 11 is 5.91. The summed E-state index contributed by atoms with van der Waals surface area (Å²) in [4.78, 5) is 14.6. The Morgan fingerprint density at radius 3 is 2.40 bits per heavy atom. The Labute approximate surface area is 183 Å². The summed E-state index contributed by atoms with van der Waals surface area (Å²) < 4.78 is 33.5. The number of benzene rings is 2. The Kier molecular flexibility index (Phi) is 8.95. The average molecular weight is 454 g/mol. The molecule has 0 radical (unpaired) electrons. The number of nitrogens with one attached hydrogen (secondary N) is 1. The molecule has 0 aliphatic heterocycles. The van der Waals surface area contributed by atoms with Crippen LogP contribution in [0.3, 0.4) is 0 Å². The van der Waals surface area contributed by atoms with Crippen molar-refractivity contribution in [3.63, 3.8) is 0 Å². The number of amides is 1. The molecule has 0 atom stereocenters. The number of carbonyl (C=O) groups excluding carboxylic acids is 1. The third kappa shape index (κ3) is 6.62. The summed E-state index contributed by atoms with van der Waals surface area (Å²) in [7, 11) is -0.123. The first-order chi connectivity index (χ1) is 14.3. The molecule has 0 spiro atoms. The zero-order chi connectivity index (χ0) is 22.1. The molecule has 164 valence electrons. The van der Waals surface area contributed by atoms with E-state index < -0.39 is 15.9 Å². The van der Waals surface area contributed by atoms with Gasteiger partial charge in [-0.3, -0.25) is 9.10 Å². The molecular formula is C21H28ClN3O4S. The van der Waals surface area contributed by atoms with Crippen molar-refractivity contribution in [3.05, 3.63) is 53.6 Å². The average Bonchev–Trinajstić information content (AvgIpc) is 2.70. The van der Waals surface area contributed by atoms with Gasteiger partial charge in [0.15, 0.2) is 0 Å². The van der Waals surface area contributed by atoms with Crippen LogP contribution in [0.15, 0.2) is 53.4 Å². The van der Waals surface area contributed by atoms with Crippen LogP contribution >= 0.6 is 11.6 Å². The molecule has 1 amide bonds. The van der Waals surface area contributed by atoms with E-state index in [0.717, 1.165) is 17.3 Å². The highest BCUT2D eigenvalue weighted by atomic mass is 35.5. The lowest BCUT2D eigenvalue weighted by Crippen LogP contribution is -2.41. The highest BCUT2D eigenvalue weighted by molar-refractivity contribution is 7.92. The third-order valence-corrected chi connectivity index (χ3v) is 6.25. The van der Waals surface area contributed by atoms with E-state index in [-0.39, 0.29) is 11.4 Å². The van der Waals surface area contributed by atoms with Gasteiger partial charge in [-0.2, -0.15) is 0 Å². The standard InChI is InChI=1S/C21H28ClN3O4S/c1-4-29-20-9-6-5-8-19(20)25(16-21(26)23-14-7-15-24(2)3)30(27,28)18-12-10-17(22)11-13-18/h5-6,8-13H,4,7,14-16H2,1-3H3,(H,23,26). The number of sulfonamides is 1. The van der Waals surface area contributed by atoms with E-state index in [1.807, 2.05) is 25.9 Å². The molecule has 7 nitrogen and oxygen atoms in total. The molecule has 0 saturated heterocycles. The SMILES string of the molecule is CCOc1ccccc1N(CC(=O)NCCCN(C)C)S(=O)(=O)c1ccc(Cl)cc1. The normalized spacial score (nSPS) is 11.4. The molecular weight excluding hydrogens is 426 g/mol. The van der Waals surface area contributed by atoms with Gasteiger partial charge in [-0.1, -0.05) is 23.7 Å². The monoisotopic (exact) mass is 453 g/mol. The number of para-hydroxylation sites is 2. The van der Waals surface area contributed by atoms with Crippen molar-refractivity contribution in [2.75, 3.05) is 44.6 Å². The fraction of sp³-hybridized carbons (Fsp3) is 0.381. The van der Waals surface area contributed by atoms with E-state index in [0.29, 0.717) is 29.6 Å². The first-order valence-electron chi connectivity index (χ1n) is 9.67. The minimum absolute atomic E-state index is 0.0404. The van der Waals surface area contributed by atoms with Gasteiger partial charge in [0.2, 0.25) is 5.91 Å². The Morgan fingerprint density at radius 2 is 1.77 bits per heavy atom. The van der Waals surface area contributed by atoms with Crippen molar-refractivity contribution in [3.8, 4) is 5.75 Å². The predicted octanol–water partition coefficient (Wildman–Crippen LogP) is 3.00. The van der Waals surface area contributed by atoms with Crippen molar-refractivity contribution in [1.82, 2.24) is 10.2 Å². The van der Waals surface area contributed by atoms with Crippen LogP contribution in [-0.2, 0) is 14.8 Å². The molecule has 30 heavy (non-hydrogen) atoms. The van der Waals surface area contributed by atoms with Gasteiger partial charge in [-0.15, -0.1) is 0 Å². The Hall–Kier alpha value is -2.29. The topological polar surface area (TPSA) is 79.0 Å². The minimum Gasteiger partial charge on any atom is -0.492 e. The Morgan fingerprint density at radius 1 is 1.10 bits per heavy atom. The molecule has 1 N–H and O–H groups in total. The third-order valence-electron chi connectivity index (χ3n) is 4.23. The Balaban J connectivity index is 2.34. The van der Waals surface area contributed by atoms with Crippen molar-refractivity contribution >= 4 is 33.2 Å². The van der Waals surface area contributed by atoms with Gasteiger partial charge in [-0.05, 0) is 70.4 Å². The molecule has 2 aromatic carbocycles. The summed E-state index contributed by atoms with van der Waals surface area (Å²) in [6.45, 7) is 3.09. The molecule has 0 aliphatic carbocycles. The molecule has 0 aliphatic rings. The van der Waals surface area contributed by atoms with Gasteiger partial charge in [0, 0.05) is 11.6 Å². The van der Waals surface area contributed by atoms with Crippen molar-refractivity contribution < 1.29 is 17.9 Å². The maximum absolute atomic E-state index is 13.4. The fourth-order valence-electron chi connectivity index (χ4n) is 2.78. The fourth-order valence-corrected chi connectivity index (χ4v) is 4.34. The summed E-state index contributed by atoms with van der Waals surface area (Å²) in [6, 6.07) is 12.6. The summed E-state index contributed by atoms with van der Waals surface area (Å²) in [5, 5.41) is 3.21. The highest BCUT2D eigenvalue weighted by Gasteiger charge is 2.29. The van der Waals surface area contributed by atoms with Crippen LogP contribution in [0.1, 0.15) is 13.3 Å². The lowest BCUT2D eigenvalue weighted by atomic mass is 10.3. The van der Waals surface area contributed by atoms with Crippen molar-refractivity contribution in [2.45, 2.75) is 18.2 Å². The number of ether oxygens (including phenoxy) is 1. The smallest absolute Gasteiger partial charge is 0.264 e. The second-order valence-electron chi connectivity index (χ2n) is 6.87. The van der Waals surface area contributed by atoms with Gasteiger partial charge in [-0.25, -0.2) is 8.42 Å². The van der Waals surface area contributed by atoms with Crippen LogP contribution in [0, 0.1) is 0 Å². The molecule has 0 heterocycles. The van der Waals surface area contributed by atoms with Crippen LogP contribution in [0.4, 0.5) is 5.69 Å². The number of hydrogen-bond acceptors (Lipinski definition) is 5. The van der Waals surface area contributed by atoms with Crippen LogP contribution in [0.2, 0.25) is 5.02 Å². The zero-order valence-corrected chi connectivity index (χ0v) is 19.0. The maximum atomic E-state index is 13.4. The van der Waals surface area contributed by atoms with Gasteiger partial charge in [0.1, 0.15) is 12.3 Å². The summed E-state index contributed by atoms with van der Waals surface area (Å²) in [6.07, 6.45) is 0.762. The Bertz CT molecular complexity index is 934. The van der Waals surface area contributed by atoms with Crippen LogP contribution in [0.5, 0.6) is 5.75 Å². The first-order valence-corrected chi connectivity index (χ1v) is 11.5. The molecule has 0 bridgehead atoms. The van der Waals surface area contributed by atoms with Gasteiger partial charge < -0.3 is 15.0 Å². The molecule has 0 unspecified atom stereocenters. The van der Waals surface area contributed by atoms with E-state index in [9.17, 15) is 13.2 Å². The van der Waals surface area contributed by atoms with Crippen LogP contribution in [0.25, 0.3) is 0 Å². The molecule has 2 aromatic rings. The lowest BCUT2D eigenvalue weighted by molar-refractivity contribution is -0.119. The highest BCUT2D eigenvalue weighted by Crippen LogP contribution is 2.32. The second kappa shape index (κ2) is 11.2. The lowest BCUT2D eigenvalue weighted by Gasteiger charge is -2.26. The number of anilines is 1. The summed E-state index contributed by atoms with van der Waals surface area (Å²) in [5.74, 6) is -0.00413. The van der Waals surface area contributed by atoms with Crippen molar-refractivity contribution in [1.29, 1.82) is 0 Å². The van der Waals surface area contributed by atoms with Crippen molar-refractivity contribution in [2.24, 2.45) is 0 Å². The predicted molar refractivity (Wildman–Crippen MR) is 120 cm³/mol. The molecule has 2 rings (SSSR count). The zero-order valence-electron chi connectivity index (χ0n) is 17.5. The van der Waals surface area contributed by atoms with E-state index in [2.05, 4.69) is 5.32 Å². The quantitative estimate of drug-likeness (QED) is 0.529. The second-order valence-corrected chi connectivity index (χ2v) is 9.17. The number of halogens is 1. The maximum Gasteiger partial charge on any atom is 0.264 e. The molecule has 0 aromatic heterocycles. The largest absolute Gasteiger partial charge is 0.492 e. The number of nitrogens with zero attached hydrogens (tertiary/aromatic N) is 2. The molecule has 9 heteroatoms. The van der Waals surface area contributed by atoms with E-state index in [1.54, 1.807) is 24.3 Å². The number of rotatable bonds is 11. The van der Waals surface area contributed by atoms with E-state index >= 15 is 0 Å². The van der Waals surface area contributed by atoms with Gasteiger partial charge >= 0.3 is 0 Å². The van der Waals surface area contributed by atoms with Gasteiger partial charge in [0.25, 0.3) is 10.0 Å².